The Morgan fingerprint density at radius 3 is 2.46 bits per heavy atom. The van der Waals surface area contributed by atoms with Crippen LogP contribution in [0.25, 0.3) is 6.08 Å². The van der Waals surface area contributed by atoms with E-state index < -0.39 is 17.9 Å². The van der Waals surface area contributed by atoms with E-state index in [9.17, 15) is 14.4 Å². The fourth-order valence-electron chi connectivity index (χ4n) is 2.51. The van der Waals surface area contributed by atoms with Crippen LogP contribution >= 0.6 is 11.6 Å². The third-order valence-corrected chi connectivity index (χ3v) is 4.15. The van der Waals surface area contributed by atoms with Gasteiger partial charge in [0.05, 0.1) is 17.7 Å². The van der Waals surface area contributed by atoms with Gasteiger partial charge in [0.2, 0.25) is 0 Å². The lowest BCUT2D eigenvalue weighted by Crippen LogP contribution is -2.22. The normalized spacial score (nSPS) is 14.6. The zero-order valence-corrected chi connectivity index (χ0v) is 15.4. The lowest BCUT2D eigenvalue weighted by molar-refractivity contribution is -0.115. The number of urea groups is 1. The average Bonchev–Trinajstić information content (AvgIpc) is 2.97. The molecular formula is C19H15ClN2O6. The van der Waals surface area contributed by atoms with Gasteiger partial charge in [0.1, 0.15) is 12.3 Å². The number of nitrogens with one attached hydrogen (secondary N) is 2. The Labute approximate surface area is 164 Å². The van der Waals surface area contributed by atoms with Crippen LogP contribution < -0.4 is 20.1 Å². The molecule has 1 aliphatic heterocycles. The van der Waals surface area contributed by atoms with Gasteiger partial charge in [-0.15, -0.1) is 0 Å². The van der Waals surface area contributed by atoms with E-state index in [1.165, 1.54) is 25.3 Å². The number of benzene rings is 2. The number of hydrogen-bond donors (Lipinski definition) is 3. The first-order valence-corrected chi connectivity index (χ1v) is 8.42. The van der Waals surface area contributed by atoms with Crippen LogP contribution in [0, 0.1) is 0 Å². The number of rotatable bonds is 6. The SMILES string of the molecule is COc1cc(/C=C2/NC(=O)NC2=O)cc(Cl)c1OCc1ccc(C(=O)O)cc1. The number of imide groups is 1. The van der Waals surface area contributed by atoms with Crippen molar-refractivity contribution in [2.45, 2.75) is 6.61 Å². The van der Waals surface area contributed by atoms with Crippen molar-refractivity contribution < 1.29 is 29.0 Å². The summed E-state index contributed by atoms with van der Waals surface area (Å²) in [5.74, 6) is -0.904. The second-order valence-electron chi connectivity index (χ2n) is 5.79. The molecule has 0 saturated carbocycles. The van der Waals surface area contributed by atoms with Crippen molar-refractivity contribution in [2.75, 3.05) is 7.11 Å². The number of aromatic carboxylic acids is 1. The molecule has 1 saturated heterocycles. The van der Waals surface area contributed by atoms with E-state index in [4.69, 9.17) is 26.2 Å². The highest BCUT2D eigenvalue weighted by Gasteiger charge is 2.23. The largest absolute Gasteiger partial charge is 0.493 e. The second kappa shape index (κ2) is 8.01. The molecule has 0 bridgehead atoms. The first-order valence-electron chi connectivity index (χ1n) is 8.04. The zero-order chi connectivity index (χ0) is 20.3. The minimum Gasteiger partial charge on any atom is -0.493 e. The molecule has 28 heavy (non-hydrogen) atoms. The van der Waals surface area contributed by atoms with Gasteiger partial charge in [-0.05, 0) is 41.5 Å². The molecule has 2 aromatic carbocycles. The molecule has 3 rings (SSSR count). The molecule has 144 valence electrons. The van der Waals surface area contributed by atoms with Gasteiger partial charge in [-0.2, -0.15) is 0 Å². The molecule has 9 heteroatoms. The van der Waals surface area contributed by atoms with Gasteiger partial charge in [-0.25, -0.2) is 9.59 Å². The van der Waals surface area contributed by atoms with Crippen LogP contribution in [-0.2, 0) is 11.4 Å². The number of halogens is 1. The van der Waals surface area contributed by atoms with E-state index >= 15 is 0 Å². The second-order valence-corrected chi connectivity index (χ2v) is 6.20. The monoisotopic (exact) mass is 402 g/mol. The molecule has 0 spiro atoms. The Balaban J connectivity index is 1.80. The van der Waals surface area contributed by atoms with Crippen molar-refractivity contribution in [3.05, 3.63) is 63.8 Å². The average molecular weight is 403 g/mol. The van der Waals surface area contributed by atoms with E-state index in [1.54, 1.807) is 24.3 Å². The summed E-state index contributed by atoms with van der Waals surface area (Å²) in [7, 11) is 1.45. The molecule has 0 radical (unpaired) electrons. The lowest BCUT2D eigenvalue weighted by Gasteiger charge is -2.13. The van der Waals surface area contributed by atoms with Gasteiger partial charge in [0.25, 0.3) is 5.91 Å². The standard InChI is InChI=1S/C19H15ClN2O6/c1-27-15-8-11(7-14-17(23)22-19(26)21-14)6-13(20)16(15)28-9-10-2-4-12(5-3-10)18(24)25/h2-8H,9H2,1H3,(H,24,25)(H2,21,22,23,26)/b14-7+. The lowest BCUT2D eigenvalue weighted by atomic mass is 10.1. The molecule has 2 aromatic rings. The summed E-state index contributed by atoms with van der Waals surface area (Å²) in [6.07, 6.45) is 1.46. The van der Waals surface area contributed by atoms with Crippen molar-refractivity contribution in [2.24, 2.45) is 0 Å². The smallest absolute Gasteiger partial charge is 0.335 e. The summed E-state index contributed by atoms with van der Waals surface area (Å²) in [4.78, 5) is 33.7. The molecule has 8 nitrogen and oxygen atoms in total. The highest BCUT2D eigenvalue weighted by Crippen LogP contribution is 2.37. The summed E-state index contributed by atoms with van der Waals surface area (Å²) in [6.45, 7) is 0.148. The summed E-state index contributed by atoms with van der Waals surface area (Å²) >= 11 is 6.30. The number of ether oxygens (including phenoxy) is 2. The van der Waals surface area contributed by atoms with E-state index in [-0.39, 0.29) is 22.9 Å². The Morgan fingerprint density at radius 2 is 1.89 bits per heavy atom. The number of carbonyl (C=O) groups excluding carboxylic acids is 2. The number of hydrogen-bond acceptors (Lipinski definition) is 5. The summed E-state index contributed by atoms with van der Waals surface area (Å²) < 4.78 is 11.0. The molecular weight excluding hydrogens is 388 g/mol. The number of carboxylic acids is 1. The van der Waals surface area contributed by atoms with Gasteiger partial charge < -0.3 is 19.9 Å². The molecule has 0 aromatic heterocycles. The van der Waals surface area contributed by atoms with Crippen LogP contribution in [0.1, 0.15) is 21.5 Å². The maximum absolute atomic E-state index is 11.6. The van der Waals surface area contributed by atoms with Crippen LogP contribution in [0.3, 0.4) is 0 Å². The summed E-state index contributed by atoms with van der Waals surface area (Å²) in [5, 5.41) is 13.7. The molecule has 1 heterocycles. The maximum atomic E-state index is 11.6. The fraction of sp³-hybridized carbons (Fsp3) is 0.105. The van der Waals surface area contributed by atoms with Crippen LogP contribution in [-0.4, -0.2) is 30.1 Å². The number of carbonyl (C=O) groups is 3. The Morgan fingerprint density at radius 1 is 1.18 bits per heavy atom. The molecule has 3 amide bonds. The fourth-order valence-corrected chi connectivity index (χ4v) is 2.78. The van der Waals surface area contributed by atoms with Gasteiger partial charge >= 0.3 is 12.0 Å². The topological polar surface area (TPSA) is 114 Å². The molecule has 3 N–H and O–H groups in total. The predicted octanol–water partition coefficient (Wildman–Crippen LogP) is 2.81. The van der Waals surface area contributed by atoms with Gasteiger partial charge in [0, 0.05) is 0 Å². The highest BCUT2D eigenvalue weighted by atomic mass is 35.5. The minimum atomic E-state index is -1.01. The van der Waals surface area contributed by atoms with E-state index in [0.717, 1.165) is 5.56 Å². The predicted molar refractivity (Wildman–Crippen MR) is 100 cm³/mol. The van der Waals surface area contributed by atoms with Crippen LogP contribution in [0.5, 0.6) is 11.5 Å². The van der Waals surface area contributed by atoms with E-state index in [0.29, 0.717) is 17.1 Å². The molecule has 1 fully saturated rings. The Hall–Kier alpha value is -3.52. The number of methoxy groups -OCH3 is 1. The Bertz CT molecular complexity index is 985. The number of amides is 3. The van der Waals surface area contributed by atoms with Crippen LogP contribution in [0.15, 0.2) is 42.1 Å². The van der Waals surface area contributed by atoms with Crippen LogP contribution in [0.2, 0.25) is 5.02 Å². The molecule has 0 atom stereocenters. The summed E-state index contributed by atoms with van der Waals surface area (Å²) in [6, 6.07) is 8.83. The zero-order valence-electron chi connectivity index (χ0n) is 14.6. The van der Waals surface area contributed by atoms with Crippen molar-refractivity contribution >= 4 is 35.6 Å². The van der Waals surface area contributed by atoms with Gasteiger partial charge in [0.15, 0.2) is 11.5 Å². The van der Waals surface area contributed by atoms with Crippen molar-refractivity contribution in [3.8, 4) is 11.5 Å². The molecule has 0 aliphatic carbocycles. The van der Waals surface area contributed by atoms with Crippen molar-refractivity contribution in [1.29, 1.82) is 0 Å². The van der Waals surface area contributed by atoms with E-state index in [2.05, 4.69) is 10.6 Å². The summed E-state index contributed by atoms with van der Waals surface area (Å²) in [5.41, 5.74) is 1.56. The van der Waals surface area contributed by atoms with Crippen molar-refractivity contribution in [3.63, 3.8) is 0 Å². The molecule has 0 unspecified atom stereocenters. The van der Waals surface area contributed by atoms with Crippen molar-refractivity contribution in [1.82, 2.24) is 10.6 Å². The van der Waals surface area contributed by atoms with Gasteiger partial charge in [-0.3, -0.25) is 10.1 Å². The van der Waals surface area contributed by atoms with Gasteiger partial charge in [-0.1, -0.05) is 23.7 Å². The quantitative estimate of drug-likeness (QED) is 0.505. The minimum absolute atomic E-state index is 0.0929. The highest BCUT2D eigenvalue weighted by molar-refractivity contribution is 6.32. The first-order chi connectivity index (χ1) is 13.4. The molecule has 1 aliphatic rings. The Kier molecular flexibility index (Phi) is 5.51. The first kappa shape index (κ1) is 19.2. The third-order valence-electron chi connectivity index (χ3n) is 3.87. The van der Waals surface area contributed by atoms with E-state index in [1.807, 2.05) is 0 Å². The number of carboxylic acid groups (broad SMARTS) is 1. The third kappa shape index (κ3) is 4.24. The van der Waals surface area contributed by atoms with Crippen LogP contribution in [0.4, 0.5) is 4.79 Å². The maximum Gasteiger partial charge on any atom is 0.335 e.